The van der Waals surface area contributed by atoms with Crippen LogP contribution in [0.3, 0.4) is 0 Å². The van der Waals surface area contributed by atoms with Gasteiger partial charge in [-0.1, -0.05) is 18.6 Å². The van der Waals surface area contributed by atoms with Crippen LogP contribution >= 0.6 is 0 Å². The Morgan fingerprint density at radius 1 is 1.24 bits per heavy atom. The number of aliphatic hydroxyl groups is 1. The molecule has 1 atom stereocenters. The van der Waals surface area contributed by atoms with Crippen molar-refractivity contribution in [2.45, 2.75) is 51.4 Å². The molecule has 1 aromatic heterocycles. The van der Waals surface area contributed by atoms with E-state index in [0.717, 1.165) is 17.1 Å². The number of nitrogens with zero attached hydrogens (tertiary/aromatic N) is 2. The predicted octanol–water partition coefficient (Wildman–Crippen LogP) is 5.02. The zero-order valence-electron chi connectivity index (χ0n) is 19.6. The first-order valence-electron chi connectivity index (χ1n) is 11.6. The molecule has 0 unspecified atom stereocenters. The third-order valence-electron chi connectivity index (χ3n) is 6.79. The van der Waals surface area contributed by atoms with E-state index in [0.29, 0.717) is 43.4 Å². The summed E-state index contributed by atoms with van der Waals surface area (Å²) in [5, 5.41) is 15.5. The van der Waals surface area contributed by atoms with E-state index in [-0.39, 0.29) is 11.3 Å². The minimum atomic E-state index is -4.92. The number of carbonyl (C=O) groups is 2. The average molecular weight is 523 g/mol. The summed E-state index contributed by atoms with van der Waals surface area (Å²) in [4.78, 5) is 26.6. The molecule has 196 valence electrons. The molecular formula is C25H22F5N3O4. The summed E-state index contributed by atoms with van der Waals surface area (Å²) in [6, 6.07) is 1.19. The normalized spacial score (nSPS) is 19.9. The highest BCUT2D eigenvalue weighted by atomic mass is 19.4. The number of rotatable bonds is 4. The third kappa shape index (κ3) is 4.28. The first kappa shape index (κ1) is 25.0. The fraction of sp³-hybridized carbons (Fsp3) is 0.360. The Labute approximate surface area is 207 Å². The van der Waals surface area contributed by atoms with E-state index in [1.807, 2.05) is 5.32 Å². The van der Waals surface area contributed by atoms with Crippen molar-refractivity contribution in [2.24, 2.45) is 0 Å². The zero-order chi connectivity index (χ0) is 26.6. The summed E-state index contributed by atoms with van der Waals surface area (Å²) < 4.78 is 74.0. The van der Waals surface area contributed by atoms with Gasteiger partial charge in [-0.3, -0.25) is 14.6 Å². The van der Waals surface area contributed by atoms with Gasteiger partial charge in [0.2, 0.25) is 5.76 Å². The van der Waals surface area contributed by atoms with Crippen LogP contribution in [-0.4, -0.2) is 39.5 Å². The second-order valence-electron chi connectivity index (χ2n) is 9.17. The molecule has 12 heteroatoms. The summed E-state index contributed by atoms with van der Waals surface area (Å²) in [7, 11) is 0. The number of piperidine rings is 1. The maximum absolute atomic E-state index is 14.9. The van der Waals surface area contributed by atoms with Crippen LogP contribution in [-0.2, 0) is 28.7 Å². The topological polar surface area (TPSA) is 86.0 Å². The number of carbonyl (C=O) groups excluding carboxylic acids is 2. The van der Waals surface area contributed by atoms with E-state index in [2.05, 4.69) is 4.42 Å². The van der Waals surface area contributed by atoms with Gasteiger partial charge in [0.25, 0.3) is 11.8 Å². The number of allylic oxidation sites excluding steroid dienone is 1. The Balaban J connectivity index is 1.52. The second kappa shape index (κ2) is 9.02. The molecule has 1 aromatic carbocycles. The molecule has 1 fully saturated rings. The first-order valence-corrected chi connectivity index (χ1v) is 11.6. The molecule has 2 amide bonds. The van der Waals surface area contributed by atoms with E-state index in [1.165, 1.54) is 11.9 Å². The van der Waals surface area contributed by atoms with Crippen molar-refractivity contribution in [1.29, 1.82) is 0 Å². The Hall–Kier alpha value is -3.67. The zero-order valence-corrected chi connectivity index (χ0v) is 19.6. The van der Waals surface area contributed by atoms with Crippen LogP contribution in [0.25, 0.3) is 6.08 Å². The Kier molecular flexibility index (Phi) is 6.09. The Morgan fingerprint density at radius 3 is 2.73 bits per heavy atom. The number of anilines is 1. The van der Waals surface area contributed by atoms with Gasteiger partial charge in [-0.2, -0.15) is 13.2 Å². The molecule has 0 spiro atoms. The number of aliphatic hydroxyl groups excluding tert-OH is 1. The summed E-state index contributed by atoms with van der Waals surface area (Å²) in [5.41, 5.74) is -0.570. The summed E-state index contributed by atoms with van der Waals surface area (Å²) in [6.45, 7) is 1.13. The highest BCUT2D eigenvalue weighted by Crippen LogP contribution is 2.39. The van der Waals surface area contributed by atoms with Gasteiger partial charge in [-0.05, 0) is 43.4 Å². The van der Waals surface area contributed by atoms with Crippen LogP contribution in [0, 0.1) is 18.6 Å². The summed E-state index contributed by atoms with van der Waals surface area (Å²) in [6.07, 6.45) is 0.402. The lowest BCUT2D eigenvalue weighted by molar-refractivity contribution is -0.160. The maximum Gasteiger partial charge on any atom is 0.451 e. The van der Waals surface area contributed by atoms with Crippen LogP contribution in [0.2, 0.25) is 0 Å². The monoisotopic (exact) mass is 523 g/mol. The van der Waals surface area contributed by atoms with Crippen molar-refractivity contribution >= 4 is 23.6 Å². The molecule has 1 saturated heterocycles. The molecule has 2 aliphatic heterocycles. The number of halogens is 5. The largest absolute Gasteiger partial charge is 0.510 e. The van der Waals surface area contributed by atoms with Gasteiger partial charge in [-0.25, -0.2) is 13.8 Å². The summed E-state index contributed by atoms with van der Waals surface area (Å²) in [5.74, 6) is -6.69. The van der Waals surface area contributed by atoms with Crippen LogP contribution in [0.5, 0.6) is 0 Å². The highest BCUT2D eigenvalue weighted by Gasteiger charge is 2.45. The van der Waals surface area contributed by atoms with Gasteiger partial charge < -0.3 is 14.8 Å². The van der Waals surface area contributed by atoms with E-state index < -0.39 is 65.0 Å². The minimum absolute atomic E-state index is 0.0661. The predicted molar refractivity (Wildman–Crippen MR) is 121 cm³/mol. The number of hydrogen-bond acceptors (Lipinski definition) is 5. The molecule has 0 bridgehead atoms. The fourth-order valence-electron chi connectivity index (χ4n) is 5.13. The highest BCUT2D eigenvalue weighted by molar-refractivity contribution is 6.23. The van der Waals surface area contributed by atoms with Crippen LogP contribution in [0.1, 0.15) is 47.5 Å². The molecule has 1 aliphatic carbocycles. The molecule has 3 aliphatic rings. The molecule has 5 rings (SSSR count). The smallest absolute Gasteiger partial charge is 0.451 e. The lowest BCUT2D eigenvalue weighted by Crippen LogP contribution is -2.59. The maximum atomic E-state index is 14.9. The number of furan rings is 1. The van der Waals surface area contributed by atoms with Gasteiger partial charge in [0, 0.05) is 18.2 Å². The first-order chi connectivity index (χ1) is 17.5. The third-order valence-corrected chi connectivity index (χ3v) is 6.79. The lowest BCUT2D eigenvalue weighted by Gasteiger charge is -2.46. The van der Waals surface area contributed by atoms with Crippen LogP contribution in [0.15, 0.2) is 34.0 Å². The van der Waals surface area contributed by atoms with Gasteiger partial charge in [0.1, 0.15) is 17.1 Å². The van der Waals surface area contributed by atoms with Gasteiger partial charge in [-0.15, -0.1) is 0 Å². The van der Waals surface area contributed by atoms with E-state index >= 15 is 0 Å². The van der Waals surface area contributed by atoms with Crippen LogP contribution in [0.4, 0.5) is 27.6 Å². The quantitative estimate of drug-likeness (QED) is 0.435. The molecule has 2 aromatic rings. The Morgan fingerprint density at radius 2 is 2.00 bits per heavy atom. The number of nitrogens with one attached hydrogen (secondary N) is 1. The molecule has 0 radical (unpaired) electrons. The van der Waals surface area contributed by atoms with E-state index in [1.54, 1.807) is 12.2 Å². The van der Waals surface area contributed by atoms with E-state index in [9.17, 15) is 36.6 Å². The van der Waals surface area contributed by atoms with Gasteiger partial charge in [0.05, 0.1) is 18.3 Å². The van der Waals surface area contributed by atoms with Crippen molar-refractivity contribution < 1.29 is 41.1 Å². The number of alkyl halides is 3. The number of hydrogen-bond donors (Lipinski definition) is 2. The SMILES string of the molecule is Cc1cc(NC(=O)C2=C(O)[C@@H]3CCCCN3N(Cc3c(F)c(F)cc4c3CC=C4)C2=O)c(C(F)(F)F)o1. The molecule has 7 nitrogen and oxygen atoms in total. The Bertz CT molecular complexity index is 1360. The molecule has 0 saturated carbocycles. The van der Waals surface area contributed by atoms with Crippen molar-refractivity contribution in [1.82, 2.24) is 10.0 Å². The van der Waals surface area contributed by atoms with Crippen molar-refractivity contribution in [2.75, 3.05) is 11.9 Å². The fourth-order valence-corrected chi connectivity index (χ4v) is 5.13. The molecule has 3 heterocycles. The van der Waals surface area contributed by atoms with Crippen molar-refractivity contribution in [3.63, 3.8) is 0 Å². The number of hydrazine groups is 1. The van der Waals surface area contributed by atoms with Gasteiger partial charge >= 0.3 is 6.18 Å². The number of amides is 2. The summed E-state index contributed by atoms with van der Waals surface area (Å²) >= 11 is 0. The van der Waals surface area contributed by atoms with Crippen molar-refractivity contribution in [3.8, 4) is 0 Å². The van der Waals surface area contributed by atoms with E-state index in [4.69, 9.17) is 0 Å². The second-order valence-corrected chi connectivity index (χ2v) is 9.17. The average Bonchev–Trinajstić information content (AvgIpc) is 3.44. The number of benzene rings is 1. The molecule has 2 N–H and O–H groups in total. The number of fused-ring (bicyclic) bond motifs is 2. The molecule has 37 heavy (non-hydrogen) atoms. The van der Waals surface area contributed by atoms with Crippen molar-refractivity contribution in [3.05, 3.63) is 69.4 Å². The minimum Gasteiger partial charge on any atom is -0.510 e. The lowest BCUT2D eigenvalue weighted by atomic mass is 9.95. The van der Waals surface area contributed by atoms with Gasteiger partial charge in [0.15, 0.2) is 11.6 Å². The number of aryl methyl sites for hydroxylation is 1. The standard InChI is InChI=1S/C25H22F5N3O4/c1-12-9-17(22(37-12)25(28,29)30)31-23(35)19-21(34)18-7-2-3-8-32(18)33(24(19)36)11-15-14-6-4-5-13(14)10-16(26)20(15)27/h4-5,9-10,18,34H,2-3,6-8,11H2,1H3,(H,31,35)/t18-/m0/s1. The van der Waals surface area contributed by atoms with Crippen LogP contribution < -0.4 is 5.32 Å². The molecular weight excluding hydrogens is 501 g/mol.